The van der Waals surface area contributed by atoms with Crippen LogP contribution in [-0.4, -0.2) is 59.7 Å². The highest BCUT2D eigenvalue weighted by Crippen LogP contribution is 2.33. The lowest BCUT2D eigenvalue weighted by Gasteiger charge is -2.24. The quantitative estimate of drug-likeness (QED) is 0.542. The molecule has 0 aliphatic carbocycles. The monoisotopic (exact) mass is 471 g/mol. The fraction of sp³-hybridized carbons (Fsp3) is 0.259. The lowest BCUT2D eigenvalue weighted by Crippen LogP contribution is -2.39. The van der Waals surface area contributed by atoms with E-state index in [4.69, 9.17) is 9.84 Å². The third kappa shape index (κ3) is 6.10. The second-order valence-corrected chi connectivity index (χ2v) is 8.53. The van der Waals surface area contributed by atoms with Crippen LogP contribution < -0.4 is 10.1 Å². The number of ether oxygens (including phenoxy) is 1. The fourth-order valence-corrected chi connectivity index (χ4v) is 4.03. The molecule has 2 heterocycles. The predicted octanol–water partition coefficient (Wildman–Crippen LogP) is 3.65. The van der Waals surface area contributed by atoms with Gasteiger partial charge < -0.3 is 10.1 Å². The number of pyridine rings is 1. The summed E-state index contributed by atoms with van der Waals surface area (Å²) in [5, 5.41) is 9.02. The average molecular weight is 472 g/mol. The summed E-state index contributed by atoms with van der Waals surface area (Å²) in [5.74, 6) is 0.828. The minimum Gasteiger partial charge on any atom is -0.497 e. The number of methoxy groups -OCH3 is 1. The van der Waals surface area contributed by atoms with Gasteiger partial charge in [0.05, 0.1) is 32.0 Å². The highest BCUT2D eigenvalue weighted by molar-refractivity contribution is 6.03. The van der Waals surface area contributed by atoms with Gasteiger partial charge in [-0.2, -0.15) is 5.10 Å². The molecular weight excluding hydrogens is 442 g/mol. The molecule has 180 valence electrons. The molecule has 0 saturated heterocycles. The molecule has 2 amide bonds. The van der Waals surface area contributed by atoms with Gasteiger partial charge in [-0.1, -0.05) is 48.5 Å². The molecule has 0 spiro atoms. The first-order chi connectivity index (χ1) is 16.9. The maximum atomic E-state index is 13.3. The fourth-order valence-electron chi connectivity index (χ4n) is 4.03. The van der Waals surface area contributed by atoms with Crippen molar-refractivity contribution in [2.45, 2.75) is 19.4 Å². The molecule has 0 bridgehead atoms. The summed E-state index contributed by atoms with van der Waals surface area (Å²) in [5.41, 5.74) is 3.63. The predicted molar refractivity (Wildman–Crippen MR) is 135 cm³/mol. The number of aromatic nitrogens is 1. The van der Waals surface area contributed by atoms with Crippen LogP contribution >= 0.6 is 0 Å². The van der Waals surface area contributed by atoms with E-state index in [2.05, 4.69) is 10.3 Å². The number of benzene rings is 2. The minimum atomic E-state index is -0.236. The van der Waals surface area contributed by atoms with E-state index in [1.807, 2.05) is 73.7 Å². The van der Waals surface area contributed by atoms with Crippen molar-refractivity contribution in [2.24, 2.45) is 5.10 Å². The molecule has 1 N–H and O–H groups in total. The Morgan fingerprint density at radius 1 is 1.03 bits per heavy atom. The van der Waals surface area contributed by atoms with Crippen molar-refractivity contribution in [3.8, 4) is 5.75 Å². The van der Waals surface area contributed by atoms with Crippen LogP contribution in [0.4, 0.5) is 5.82 Å². The van der Waals surface area contributed by atoms with E-state index in [0.717, 1.165) is 28.3 Å². The van der Waals surface area contributed by atoms with Crippen molar-refractivity contribution in [1.29, 1.82) is 0 Å². The number of hydrogen-bond acceptors (Lipinski definition) is 6. The van der Waals surface area contributed by atoms with E-state index in [0.29, 0.717) is 12.2 Å². The number of carbonyl (C=O) groups excluding carboxylic acids is 2. The van der Waals surface area contributed by atoms with Gasteiger partial charge in [0.2, 0.25) is 5.91 Å². The van der Waals surface area contributed by atoms with Gasteiger partial charge >= 0.3 is 0 Å². The van der Waals surface area contributed by atoms with Gasteiger partial charge in [-0.05, 0) is 49.4 Å². The van der Waals surface area contributed by atoms with Crippen LogP contribution in [0.25, 0.3) is 0 Å². The number of hydrazone groups is 1. The van der Waals surface area contributed by atoms with Crippen molar-refractivity contribution >= 4 is 23.3 Å². The third-order valence-electron chi connectivity index (χ3n) is 5.75. The van der Waals surface area contributed by atoms with Gasteiger partial charge in [-0.3, -0.25) is 14.5 Å². The molecule has 3 aromatic rings. The molecule has 1 aromatic heterocycles. The zero-order valence-electron chi connectivity index (χ0n) is 20.1. The topological polar surface area (TPSA) is 87.1 Å². The lowest BCUT2D eigenvalue weighted by atomic mass is 9.98. The normalized spacial score (nSPS) is 15.1. The molecule has 1 unspecified atom stereocenters. The number of nitrogens with one attached hydrogen (secondary N) is 1. The summed E-state index contributed by atoms with van der Waals surface area (Å²) in [6, 6.07) is 22.7. The molecule has 0 radical (unpaired) electrons. The molecule has 8 heteroatoms. The Balaban J connectivity index is 1.46. The summed E-state index contributed by atoms with van der Waals surface area (Å²) in [4.78, 5) is 31.8. The minimum absolute atomic E-state index is 0.0485. The van der Waals surface area contributed by atoms with Crippen LogP contribution in [0.3, 0.4) is 0 Å². The zero-order valence-corrected chi connectivity index (χ0v) is 20.1. The average Bonchev–Trinajstić information content (AvgIpc) is 3.30. The Morgan fingerprint density at radius 3 is 2.46 bits per heavy atom. The van der Waals surface area contributed by atoms with Crippen molar-refractivity contribution in [3.05, 3.63) is 89.6 Å². The third-order valence-corrected chi connectivity index (χ3v) is 5.75. The Labute approximate surface area is 205 Å². The molecule has 1 aliphatic heterocycles. The number of rotatable bonds is 8. The van der Waals surface area contributed by atoms with Gasteiger partial charge in [0.1, 0.15) is 11.6 Å². The van der Waals surface area contributed by atoms with Crippen LogP contribution in [0.5, 0.6) is 5.75 Å². The Kier molecular flexibility index (Phi) is 7.52. The second kappa shape index (κ2) is 10.9. The summed E-state index contributed by atoms with van der Waals surface area (Å²) < 4.78 is 5.28. The number of likely N-dealkylation sites (N-methyl/N-ethyl adjacent to an activating group) is 1. The van der Waals surface area contributed by atoms with Crippen LogP contribution in [0.15, 0.2) is 77.9 Å². The van der Waals surface area contributed by atoms with Crippen molar-refractivity contribution < 1.29 is 14.3 Å². The van der Waals surface area contributed by atoms with Gasteiger partial charge in [-0.25, -0.2) is 9.99 Å². The van der Waals surface area contributed by atoms with Crippen LogP contribution in [0, 0.1) is 6.92 Å². The lowest BCUT2D eigenvalue weighted by molar-refractivity contribution is -0.134. The van der Waals surface area contributed by atoms with E-state index in [1.54, 1.807) is 30.1 Å². The van der Waals surface area contributed by atoms with Gasteiger partial charge in [0.15, 0.2) is 0 Å². The van der Waals surface area contributed by atoms with Crippen molar-refractivity contribution in [3.63, 3.8) is 0 Å². The maximum absolute atomic E-state index is 13.3. The second-order valence-electron chi connectivity index (χ2n) is 8.53. The number of anilines is 1. The summed E-state index contributed by atoms with van der Waals surface area (Å²) in [6.07, 6.45) is 0.602. The van der Waals surface area contributed by atoms with Crippen LogP contribution in [0.2, 0.25) is 0 Å². The number of carbonyl (C=O) groups is 2. The maximum Gasteiger partial charge on any atom is 0.257 e. The largest absolute Gasteiger partial charge is 0.497 e. The first-order valence-corrected chi connectivity index (χ1v) is 11.4. The number of amides is 2. The molecule has 0 saturated carbocycles. The van der Waals surface area contributed by atoms with Crippen molar-refractivity contribution in [2.75, 3.05) is 32.6 Å². The zero-order chi connectivity index (χ0) is 24.8. The van der Waals surface area contributed by atoms with Gasteiger partial charge in [0, 0.05) is 12.1 Å². The molecule has 0 fully saturated rings. The van der Waals surface area contributed by atoms with E-state index < -0.39 is 0 Å². The molecular formula is C27H29N5O3. The summed E-state index contributed by atoms with van der Waals surface area (Å²) in [6.45, 7) is 1.96. The SMILES string of the molecule is COc1ccc(C2CC(c3ccccc3)=NN2C(=O)CN(C)CC(=O)Nc2cccc(C)n2)cc1. The molecule has 2 aromatic carbocycles. The first kappa shape index (κ1) is 24.1. The number of aryl methyl sites for hydroxylation is 1. The molecule has 8 nitrogen and oxygen atoms in total. The van der Waals surface area contributed by atoms with Crippen LogP contribution in [-0.2, 0) is 9.59 Å². The van der Waals surface area contributed by atoms with E-state index in [9.17, 15) is 9.59 Å². The molecule has 1 atom stereocenters. The van der Waals surface area contributed by atoms with Crippen LogP contribution in [0.1, 0.15) is 29.3 Å². The highest BCUT2D eigenvalue weighted by atomic mass is 16.5. The van der Waals surface area contributed by atoms with Gasteiger partial charge in [0.25, 0.3) is 5.91 Å². The summed E-state index contributed by atoms with van der Waals surface area (Å²) >= 11 is 0. The van der Waals surface area contributed by atoms with E-state index in [-0.39, 0.29) is 30.9 Å². The smallest absolute Gasteiger partial charge is 0.257 e. The molecule has 4 rings (SSSR count). The van der Waals surface area contributed by atoms with E-state index in [1.165, 1.54) is 0 Å². The Morgan fingerprint density at radius 2 is 1.77 bits per heavy atom. The first-order valence-electron chi connectivity index (χ1n) is 11.4. The highest BCUT2D eigenvalue weighted by Gasteiger charge is 2.33. The number of hydrogen-bond donors (Lipinski definition) is 1. The van der Waals surface area contributed by atoms with Gasteiger partial charge in [-0.15, -0.1) is 0 Å². The Bertz CT molecular complexity index is 1210. The number of nitrogens with zero attached hydrogens (tertiary/aromatic N) is 4. The molecule has 1 aliphatic rings. The van der Waals surface area contributed by atoms with Crippen molar-refractivity contribution in [1.82, 2.24) is 14.9 Å². The Hall–Kier alpha value is -4.04. The molecule has 35 heavy (non-hydrogen) atoms. The standard InChI is InChI=1S/C27H29N5O3/c1-19-8-7-11-25(28-19)29-26(33)17-31(2)18-27(34)32-24(21-12-14-22(35-3)15-13-21)16-23(30-32)20-9-5-4-6-10-20/h4-15,24H,16-18H2,1-3H3,(H,28,29,33). The van der Waals surface area contributed by atoms with E-state index >= 15 is 0 Å². The summed E-state index contributed by atoms with van der Waals surface area (Å²) in [7, 11) is 3.36.